The molecule has 0 radical (unpaired) electrons. The Morgan fingerprint density at radius 2 is 1.91 bits per heavy atom. The molecule has 5 rings (SSSR count). The van der Waals surface area contributed by atoms with E-state index in [0.29, 0.717) is 35.6 Å². The van der Waals surface area contributed by atoms with E-state index >= 15 is 0 Å². The molecule has 3 aliphatic heterocycles. The molecule has 1 amide bonds. The second-order valence-corrected chi connectivity index (χ2v) is 12.5. The fourth-order valence-electron chi connectivity index (χ4n) is 5.02. The number of hydrogen-bond donors (Lipinski definition) is 0. The first-order valence-corrected chi connectivity index (χ1v) is 14.2. The Morgan fingerprint density at radius 3 is 2.53 bits per heavy atom. The maximum Gasteiger partial charge on any atom is 0.225 e. The number of carbonyl (C=O) groups is 1. The molecule has 5 aliphatic rings. The Hall–Kier alpha value is -1.71. The molecule has 0 spiro atoms. The van der Waals surface area contributed by atoms with Crippen molar-refractivity contribution in [1.29, 1.82) is 0 Å². The Bertz CT molecular complexity index is 1060. The van der Waals surface area contributed by atoms with Crippen molar-refractivity contribution in [3.8, 4) is 0 Å². The summed E-state index contributed by atoms with van der Waals surface area (Å²) >= 11 is 1.76. The summed E-state index contributed by atoms with van der Waals surface area (Å²) in [7, 11) is -0.984. The zero-order valence-corrected chi connectivity index (χ0v) is 20.2. The van der Waals surface area contributed by atoms with Crippen LogP contribution in [0.3, 0.4) is 0 Å². The van der Waals surface area contributed by atoms with E-state index in [2.05, 4.69) is 27.2 Å². The molecule has 9 heteroatoms. The zero-order valence-electron chi connectivity index (χ0n) is 18.6. The van der Waals surface area contributed by atoms with Crippen LogP contribution >= 0.6 is 11.8 Å². The first-order chi connectivity index (χ1) is 15.3. The van der Waals surface area contributed by atoms with Crippen LogP contribution in [0.5, 0.6) is 0 Å². The van der Waals surface area contributed by atoms with Gasteiger partial charge in [0.05, 0.1) is 11.0 Å². The molecule has 2 atom stereocenters. The number of amides is 1. The Morgan fingerprint density at radius 1 is 1.16 bits per heavy atom. The smallest absolute Gasteiger partial charge is 0.225 e. The van der Waals surface area contributed by atoms with Crippen molar-refractivity contribution in [2.24, 2.45) is 15.9 Å². The third kappa shape index (κ3) is 4.26. The highest BCUT2D eigenvalue weighted by molar-refractivity contribution is 8.04. The molecule has 3 heterocycles. The second-order valence-electron chi connectivity index (χ2n) is 9.37. The molecule has 32 heavy (non-hydrogen) atoms. The fourth-order valence-corrected chi connectivity index (χ4v) is 7.09. The van der Waals surface area contributed by atoms with Crippen molar-refractivity contribution >= 4 is 39.6 Å². The summed E-state index contributed by atoms with van der Waals surface area (Å²) in [5.74, 6) is 0.646. The molecule has 2 aliphatic carbocycles. The van der Waals surface area contributed by atoms with Gasteiger partial charge in [-0.2, -0.15) is 0 Å². The summed E-state index contributed by atoms with van der Waals surface area (Å²) < 4.78 is 23.6. The highest BCUT2D eigenvalue weighted by atomic mass is 32.2. The third-order valence-corrected chi connectivity index (χ3v) is 9.62. The molecule has 2 fully saturated rings. The summed E-state index contributed by atoms with van der Waals surface area (Å²) in [5.41, 5.74) is 3.32. The van der Waals surface area contributed by atoms with E-state index in [4.69, 9.17) is 4.99 Å². The van der Waals surface area contributed by atoms with Crippen LogP contribution in [0.25, 0.3) is 0 Å². The van der Waals surface area contributed by atoms with Crippen molar-refractivity contribution in [2.45, 2.75) is 56.0 Å². The molecule has 0 bridgehead atoms. The molecule has 172 valence electrons. The predicted octanol–water partition coefficient (Wildman–Crippen LogP) is 2.78. The standard InChI is InChI=1S/C23H30N4O3S2/c1-26(17-9-11-27(12-10-17)23(28)16-3-4-16)22-21-20(24-14-25-22)19(13-31-21)15-5-7-18(8-6-15)32(2,29)30/h5,7,13-14,16-17,21-22H,3-4,6,8-12H2,1-2H3. The molecule has 1 saturated heterocycles. The number of sulfone groups is 1. The molecule has 0 aromatic heterocycles. The van der Waals surface area contributed by atoms with Gasteiger partial charge in [-0.05, 0) is 62.6 Å². The van der Waals surface area contributed by atoms with Gasteiger partial charge < -0.3 is 4.90 Å². The Kier molecular flexibility index (Phi) is 5.92. The lowest BCUT2D eigenvalue weighted by atomic mass is 9.92. The Labute approximate surface area is 194 Å². The predicted molar refractivity (Wildman–Crippen MR) is 130 cm³/mol. The van der Waals surface area contributed by atoms with Gasteiger partial charge in [-0.1, -0.05) is 6.08 Å². The highest BCUT2D eigenvalue weighted by Gasteiger charge is 2.41. The molecule has 7 nitrogen and oxygen atoms in total. The van der Waals surface area contributed by atoms with Gasteiger partial charge in [0, 0.05) is 41.8 Å². The van der Waals surface area contributed by atoms with E-state index < -0.39 is 9.84 Å². The van der Waals surface area contributed by atoms with Crippen molar-refractivity contribution in [3.05, 3.63) is 33.6 Å². The van der Waals surface area contributed by atoms with E-state index in [-0.39, 0.29) is 11.4 Å². The molecule has 1 saturated carbocycles. The number of hydrogen-bond acceptors (Lipinski definition) is 7. The van der Waals surface area contributed by atoms with E-state index in [1.807, 2.05) is 6.08 Å². The fraction of sp³-hybridized carbons (Fsp3) is 0.609. The summed E-state index contributed by atoms with van der Waals surface area (Å²) in [6, 6.07) is 0.401. The monoisotopic (exact) mass is 474 g/mol. The quantitative estimate of drug-likeness (QED) is 0.612. The number of piperidine rings is 1. The van der Waals surface area contributed by atoms with E-state index in [1.165, 1.54) is 6.26 Å². The molecule has 2 unspecified atom stereocenters. The van der Waals surface area contributed by atoms with Gasteiger partial charge in [0.15, 0.2) is 9.84 Å². The number of rotatable bonds is 5. The lowest BCUT2D eigenvalue weighted by molar-refractivity contribution is -0.134. The number of thioether (sulfide) groups is 1. The normalized spacial score (nSPS) is 28.8. The van der Waals surface area contributed by atoms with Crippen LogP contribution < -0.4 is 0 Å². The van der Waals surface area contributed by atoms with Gasteiger partial charge in [0.25, 0.3) is 0 Å². The third-order valence-electron chi connectivity index (χ3n) is 7.19. The van der Waals surface area contributed by atoms with Crippen LogP contribution in [0.1, 0.15) is 38.5 Å². The lowest BCUT2D eigenvalue weighted by Gasteiger charge is -2.41. The average Bonchev–Trinajstić information content (AvgIpc) is 3.56. The minimum atomic E-state index is -3.13. The number of aliphatic imine (C=N–C) groups is 2. The first-order valence-electron chi connectivity index (χ1n) is 11.4. The largest absolute Gasteiger partial charge is 0.342 e. The van der Waals surface area contributed by atoms with Crippen molar-refractivity contribution in [2.75, 3.05) is 26.4 Å². The van der Waals surface area contributed by atoms with Gasteiger partial charge in [-0.25, -0.2) is 13.4 Å². The zero-order chi connectivity index (χ0) is 22.5. The van der Waals surface area contributed by atoms with Gasteiger partial charge >= 0.3 is 0 Å². The van der Waals surface area contributed by atoms with Crippen LogP contribution in [-0.2, 0) is 14.6 Å². The second kappa shape index (κ2) is 8.57. The van der Waals surface area contributed by atoms with Gasteiger partial charge in [-0.3, -0.25) is 14.7 Å². The van der Waals surface area contributed by atoms with E-state index in [0.717, 1.165) is 55.6 Å². The summed E-state index contributed by atoms with van der Waals surface area (Å²) in [4.78, 5) is 26.7. The van der Waals surface area contributed by atoms with Crippen LogP contribution in [0.4, 0.5) is 0 Å². The Balaban J connectivity index is 1.24. The van der Waals surface area contributed by atoms with Gasteiger partial charge in [-0.15, -0.1) is 11.8 Å². The minimum absolute atomic E-state index is 0.0169. The number of fused-ring (bicyclic) bond motifs is 1. The van der Waals surface area contributed by atoms with Crippen molar-refractivity contribution in [3.63, 3.8) is 0 Å². The number of nitrogens with zero attached hydrogens (tertiary/aromatic N) is 4. The van der Waals surface area contributed by atoms with Crippen LogP contribution in [-0.4, -0.2) is 80.0 Å². The van der Waals surface area contributed by atoms with Crippen LogP contribution in [0.15, 0.2) is 43.6 Å². The lowest BCUT2D eigenvalue weighted by Crippen LogP contribution is -2.52. The maximum atomic E-state index is 12.4. The van der Waals surface area contributed by atoms with Crippen molar-refractivity contribution < 1.29 is 13.2 Å². The molecule has 0 N–H and O–H groups in total. The van der Waals surface area contributed by atoms with Crippen LogP contribution in [0, 0.1) is 5.92 Å². The van der Waals surface area contributed by atoms with Gasteiger partial charge in [0.1, 0.15) is 12.5 Å². The van der Waals surface area contributed by atoms with Crippen LogP contribution in [0.2, 0.25) is 0 Å². The first kappa shape index (κ1) is 22.1. The topological polar surface area (TPSA) is 82.4 Å². The molecule has 0 aromatic rings. The van der Waals surface area contributed by atoms with Crippen molar-refractivity contribution in [1.82, 2.24) is 9.80 Å². The molecular weight excluding hydrogens is 444 g/mol. The molecular formula is C23H30N4O3S2. The highest BCUT2D eigenvalue weighted by Crippen LogP contribution is 2.40. The van der Waals surface area contributed by atoms with E-state index in [9.17, 15) is 13.2 Å². The maximum absolute atomic E-state index is 12.4. The summed E-state index contributed by atoms with van der Waals surface area (Å²) in [5, 5.41) is 2.31. The number of carbonyl (C=O) groups excluding carboxylic acids is 1. The average molecular weight is 475 g/mol. The molecule has 0 aromatic carbocycles. The SMILES string of the molecule is CN(C1CCN(C(=O)C2CC2)CC1)C1N=CN=C2C(C3=CC=C(S(C)(=O)=O)CC3)=CSC21. The number of likely N-dealkylation sites (tertiary alicyclic amines) is 1. The number of allylic oxidation sites excluding steroid dienone is 5. The summed E-state index contributed by atoms with van der Waals surface area (Å²) in [6.45, 7) is 1.68. The van der Waals surface area contributed by atoms with Gasteiger partial charge in [0.2, 0.25) is 5.91 Å². The minimum Gasteiger partial charge on any atom is -0.342 e. The van der Waals surface area contributed by atoms with E-state index in [1.54, 1.807) is 24.2 Å². The summed E-state index contributed by atoms with van der Waals surface area (Å²) in [6.07, 6.45) is 12.0.